The van der Waals surface area contributed by atoms with E-state index in [9.17, 15) is 23.1 Å². The predicted molar refractivity (Wildman–Crippen MR) is 103 cm³/mol. The minimum Gasteiger partial charge on any atom is -0.468 e. The lowest BCUT2D eigenvalue weighted by atomic mass is 10.0. The van der Waals surface area contributed by atoms with Gasteiger partial charge in [0, 0.05) is 0 Å². The SMILES string of the molecule is COC(=O)C(C(=O)OC)[C@H]1C=C[C@@H]([C@H](O)COCc2ccccc2)N1S(C)(=O)=O. The van der Waals surface area contributed by atoms with Gasteiger partial charge in [-0.15, -0.1) is 0 Å². The summed E-state index contributed by atoms with van der Waals surface area (Å²) in [5, 5.41) is 10.5. The third-order valence-electron chi connectivity index (χ3n) is 4.52. The molecule has 0 saturated heterocycles. The zero-order valence-electron chi connectivity index (χ0n) is 16.4. The van der Waals surface area contributed by atoms with E-state index >= 15 is 0 Å². The highest BCUT2D eigenvalue weighted by molar-refractivity contribution is 7.88. The van der Waals surface area contributed by atoms with Crippen molar-refractivity contribution in [3.63, 3.8) is 0 Å². The molecule has 1 aliphatic rings. The summed E-state index contributed by atoms with van der Waals surface area (Å²) in [7, 11) is -1.73. The molecule has 10 heteroatoms. The van der Waals surface area contributed by atoms with Crippen molar-refractivity contribution in [2.45, 2.75) is 24.8 Å². The van der Waals surface area contributed by atoms with Gasteiger partial charge in [0.05, 0.1) is 51.9 Å². The molecule has 0 fully saturated rings. The van der Waals surface area contributed by atoms with Crippen LogP contribution in [-0.2, 0) is 40.4 Å². The van der Waals surface area contributed by atoms with Crippen LogP contribution < -0.4 is 0 Å². The van der Waals surface area contributed by atoms with Gasteiger partial charge in [0.25, 0.3) is 0 Å². The van der Waals surface area contributed by atoms with Crippen LogP contribution in [0.3, 0.4) is 0 Å². The third kappa shape index (κ3) is 5.63. The number of carbonyl (C=O) groups excluding carboxylic acids is 2. The number of methoxy groups -OCH3 is 2. The van der Waals surface area contributed by atoms with Crippen LogP contribution in [-0.4, -0.2) is 75.0 Å². The maximum atomic E-state index is 12.4. The van der Waals surface area contributed by atoms with Crippen LogP contribution in [0, 0.1) is 5.92 Å². The molecule has 0 radical (unpaired) electrons. The van der Waals surface area contributed by atoms with Crippen LogP contribution in [0.4, 0.5) is 0 Å². The topological polar surface area (TPSA) is 119 Å². The van der Waals surface area contributed by atoms with Crippen molar-refractivity contribution in [2.75, 3.05) is 27.1 Å². The van der Waals surface area contributed by atoms with Gasteiger partial charge in [-0.25, -0.2) is 8.42 Å². The van der Waals surface area contributed by atoms with E-state index in [0.29, 0.717) is 0 Å². The van der Waals surface area contributed by atoms with E-state index in [0.717, 1.165) is 30.3 Å². The standard InChI is InChI=1S/C19H25NO8S/c1-26-18(22)17(19(23)27-2)15-10-9-14(20(15)29(3,24)25)16(21)12-28-11-13-7-5-4-6-8-13/h4-10,14-17,21H,11-12H2,1-3H3/t14-,15+,16+/m0/s1. The molecule has 160 valence electrons. The fourth-order valence-electron chi connectivity index (χ4n) is 3.19. The summed E-state index contributed by atoms with van der Waals surface area (Å²) >= 11 is 0. The number of aliphatic hydroxyl groups excluding tert-OH is 1. The van der Waals surface area contributed by atoms with Crippen molar-refractivity contribution < 1.29 is 37.3 Å². The van der Waals surface area contributed by atoms with E-state index in [1.165, 1.54) is 12.2 Å². The molecule has 3 atom stereocenters. The Bertz CT molecular complexity index is 823. The number of hydrogen-bond donors (Lipinski definition) is 1. The maximum Gasteiger partial charge on any atom is 0.322 e. The summed E-state index contributed by atoms with van der Waals surface area (Å²) in [4.78, 5) is 24.2. The molecule has 2 rings (SSSR count). The Kier molecular flexibility index (Phi) is 7.91. The summed E-state index contributed by atoms with van der Waals surface area (Å²) in [5.41, 5.74) is 0.899. The monoisotopic (exact) mass is 427 g/mol. The minimum atomic E-state index is -3.91. The predicted octanol–water partition coefficient (Wildman–Crippen LogP) is 0.0949. The van der Waals surface area contributed by atoms with Crippen LogP contribution in [0.5, 0.6) is 0 Å². The van der Waals surface area contributed by atoms with Crippen molar-refractivity contribution in [1.29, 1.82) is 0 Å². The Morgan fingerprint density at radius 3 is 2.14 bits per heavy atom. The molecule has 1 aliphatic heterocycles. The molecular weight excluding hydrogens is 402 g/mol. The highest BCUT2D eigenvalue weighted by atomic mass is 32.2. The highest BCUT2D eigenvalue weighted by Crippen LogP contribution is 2.29. The van der Waals surface area contributed by atoms with Gasteiger partial charge in [0.2, 0.25) is 10.0 Å². The molecule has 0 amide bonds. The fourth-order valence-corrected chi connectivity index (χ4v) is 4.48. The van der Waals surface area contributed by atoms with Gasteiger partial charge in [-0.05, 0) is 5.56 Å². The van der Waals surface area contributed by atoms with Crippen LogP contribution in [0.15, 0.2) is 42.5 Å². The van der Waals surface area contributed by atoms with Gasteiger partial charge < -0.3 is 19.3 Å². The molecule has 1 N–H and O–H groups in total. The normalized spacial score (nSPS) is 20.6. The number of nitrogens with zero attached hydrogens (tertiary/aromatic N) is 1. The molecule has 0 saturated carbocycles. The van der Waals surface area contributed by atoms with Gasteiger partial charge >= 0.3 is 11.9 Å². The molecule has 0 aliphatic carbocycles. The summed E-state index contributed by atoms with van der Waals surface area (Å²) in [6.45, 7) is 0.0906. The van der Waals surface area contributed by atoms with Gasteiger partial charge in [0.15, 0.2) is 5.92 Å². The molecule has 0 spiro atoms. The first-order valence-electron chi connectivity index (χ1n) is 8.83. The number of rotatable bonds is 9. The van der Waals surface area contributed by atoms with E-state index in [-0.39, 0.29) is 13.2 Å². The van der Waals surface area contributed by atoms with Crippen molar-refractivity contribution in [1.82, 2.24) is 4.31 Å². The van der Waals surface area contributed by atoms with Crippen molar-refractivity contribution in [3.05, 3.63) is 48.0 Å². The van der Waals surface area contributed by atoms with Crippen molar-refractivity contribution in [2.24, 2.45) is 5.92 Å². The first-order valence-corrected chi connectivity index (χ1v) is 10.7. The van der Waals surface area contributed by atoms with Crippen LogP contribution in [0.25, 0.3) is 0 Å². The summed E-state index contributed by atoms with van der Waals surface area (Å²) in [6.07, 6.45) is 2.53. The first-order chi connectivity index (χ1) is 13.7. The molecule has 0 unspecified atom stereocenters. The second-order valence-electron chi connectivity index (χ2n) is 6.55. The smallest absolute Gasteiger partial charge is 0.322 e. The highest BCUT2D eigenvalue weighted by Gasteiger charge is 2.48. The Morgan fingerprint density at radius 1 is 1.07 bits per heavy atom. The minimum absolute atomic E-state index is 0.149. The zero-order valence-corrected chi connectivity index (χ0v) is 17.2. The Morgan fingerprint density at radius 2 is 1.62 bits per heavy atom. The number of esters is 2. The largest absolute Gasteiger partial charge is 0.468 e. The summed E-state index contributed by atoms with van der Waals surface area (Å²) < 4.78 is 40.5. The van der Waals surface area contributed by atoms with E-state index in [2.05, 4.69) is 9.47 Å². The molecule has 0 bridgehead atoms. The number of aliphatic hydroxyl groups is 1. The van der Waals surface area contributed by atoms with Crippen molar-refractivity contribution in [3.8, 4) is 0 Å². The van der Waals surface area contributed by atoms with Gasteiger partial charge in [-0.3, -0.25) is 9.59 Å². The average molecular weight is 427 g/mol. The van der Waals surface area contributed by atoms with Gasteiger partial charge in [-0.2, -0.15) is 4.31 Å². The van der Waals surface area contributed by atoms with E-state index in [1.54, 1.807) is 0 Å². The fraction of sp³-hybridized carbons (Fsp3) is 0.474. The molecule has 1 aromatic rings. The molecule has 0 aromatic heterocycles. The number of benzene rings is 1. The molecule has 1 aromatic carbocycles. The lowest BCUT2D eigenvalue weighted by Crippen LogP contribution is -2.53. The lowest BCUT2D eigenvalue weighted by molar-refractivity contribution is -0.160. The Labute approximate surface area is 169 Å². The van der Waals surface area contributed by atoms with E-state index < -0.39 is 46.1 Å². The molecule has 29 heavy (non-hydrogen) atoms. The third-order valence-corrected chi connectivity index (χ3v) is 5.78. The van der Waals surface area contributed by atoms with Gasteiger partial charge in [0.1, 0.15) is 0 Å². The number of hydrogen-bond acceptors (Lipinski definition) is 8. The van der Waals surface area contributed by atoms with Crippen LogP contribution in [0.2, 0.25) is 0 Å². The zero-order chi connectivity index (χ0) is 21.6. The second kappa shape index (κ2) is 9.97. The number of carbonyl (C=O) groups is 2. The second-order valence-corrected chi connectivity index (χ2v) is 8.44. The molecule has 9 nitrogen and oxygen atoms in total. The molecule has 1 heterocycles. The van der Waals surface area contributed by atoms with Crippen molar-refractivity contribution >= 4 is 22.0 Å². The molecular formula is C19H25NO8S. The Hall–Kier alpha value is -2.27. The van der Waals surface area contributed by atoms with Crippen LogP contribution >= 0.6 is 0 Å². The van der Waals surface area contributed by atoms with E-state index in [4.69, 9.17) is 4.74 Å². The summed E-state index contributed by atoms with van der Waals surface area (Å²) in [5.74, 6) is -3.38. The number of sulfonamides is 1. The average Bonchev–Trinajstić information content (AvgIpc) is 3.13. The van der Waals surface area contributed by atoms with Crippen LogP contribution in [0.1, 0.15) is 5.56 Å². The number of ether oxygens (including phenoxy) is 3. The quantitative estimate of drug-likeness (QED) is 0.335. The first kappa shape index (κ1) is 23.0. The van der Waals surface area contributed by atoms with E-state index in [1.807, 2.05) is 30.3 Å². The Balaban J connectivity index is 2.16. The maximum absolute atomic E-state index is 12.4. The lowest BCUT2D eigenvalue weighted by Gasteiger charge is -2.33. The van der Waals surface area contributed by atoms with Gasteiger partial charge in [-0.1, -0.05) is 42.5 Å². The summed E-state index contributed by atoms with van der Waals surface area (Å²) in [6, 6.07) is 7.09.